The Labute approximate surface area is 135 Å². The van der Waals surface area contributed by atoms with Gasteiger partial charge in [0.05, 0.1) is 21.3 Å². The lowest BCUT2D eigenvalue weighted by molar-refractivity contribution is 0.332. The van der Waals surface area contributed by atoms with Gasteiger partial charge in [-0.15, -0.1) is 0 Å². The molecule has 1 aliphatic heterocycles. The molecule has 2 nitrogen and oxygen atoms in total. The van der Waals surface area contributed by atoms with E-state index >= 15 is 0 Å². The smallest absolute Gasteiger partial charge is 0.0825 e. The Balaban J connectivity index is 1.91. The number of anilines is 1. The summed E-state index contributed by atoms with van der Waals surface area (Å²) in [6.07, 6.45) is 0. The van der Waals surface area contributed by atoms with E-state index in [2.05, 4.69) is 41.4 Å². The van der Waals surface area contributed by atoms with Crippen LogP contribution in [0.15, 0.2) is 48.5 Å². The molecule has 2 aromatic carbocycles. The summed E-state index contributed by atoms with van der Waals surface area (Å²) in [6.45, 7) is 4.92. The van der Waals surface area contributed by atoms with Gasteiger partial charge in [-0.25, -0.2) is 0 Å². The molecule has 3 rings (SSSR count). The molecule has 2 aromatic rings. The fourth-order valence-electron chi connectivity index (χ4n) is 2.93. The summed E-state index contributed by atoms with van der Waals surface area (Å²) in [5.41, 5.74) is 2.20. The molecular formula is C17H18Cl2N2. The Bertz CT molecular complexity index is 630. The van der Waals surface area contributed by atoms with Gasteiger partial charge in [-0.1, -0.05) is 59.6 Å². The standard InChI is InChI=1S/C17H18Cl2N2/c1-17(13-6-3-2-4-7-13)12-21(11-10-20-17)15-9-5-8-14(18)16(15)19/h2-9,20H,10-12H2,1H3. The van der Waals surface area contributed by atoms with Gasteiger partial charge in [0.2, 0.25) is 0 Å². The summed E-state index contributed by atoms with van der Waals surface area (Å²) in [5, 5.41) is 4.87. The minimum Gasteiger partial charge on any atom is -0.367 e. The molecule has 1 atom stereocenters. The second-order valence-corrected chi connectivity index (χ2v) is 6.40. The van der Waals surface area contributed by atoms with Crippen molar-refractivity contribution >= 4 is 28.9 Å². The zero-order chi connectivity index (χ0) is 14.9. The zero-order valence-corrected chi connectivity index (χ0v) is 13.5. The number of nitrogens with one attached hydrogen (secondary N) is 1. The number of piperazine rings is 1. The van der Waals surface area contributed by atoms with Crippen LogP contribution in [0.3, 0.4) is 0 Å². The van der Waals surface area contributed by atoms with Crippen molar-refractivity contribution in [3.63, 3.8) is 0 Å². The molecular weight excluding hydrogens is 303 g/mol. The molecule has 1 N–H and O–H groups in total. The third-order valence-corrected chi connectivity index (χ3v) is 4.90. The first-order valence-electron chi connectivity index (χ1n) is 7.10. The zero-order valence-electron chi connectivity index (χ0n) is 11.9. The normalized spacial score (nSPS) is 22.3. The van der Waals surface area contributed by atoms with Gasteiger partial charge in [0, 0.05) is 19.6 Å². The highest BCUT2D eigenvalue weighted by Crippen LogP contribution is 2.35. The molecule has 1 fully saturated rings. The molecule has 1 heterocycles. The number of nitrogens with zero attached hydrogens (tertiary/aromatic N) is 1. The minimum absolute atomic E-state index is 0.0921. The van der Waals surface area contributed by atoms with E-state index < -0.39 is 0 Å². The Morgan fingerprint density at radius 1 is 1.05 bits per heavy atom. The summed E-state index contributed by atoms with van der Waals surface area (Å²) in [5.74, 6) is 0. The van der Waals surface area contributed by atoms with Gasteiger partial charge in [-0.05, 0) is 24.6 Å². The van der Waals surface area contributed by atoms with Crippen molar-refractivity contribution in [2.24, 2.45) is 0 Å². The molecule has 110 valence electrons. The molecule has 0 saturated carbocycles. The Morgan fingerprint density at radius 3 is 2.57 bits per heavy atom. The lowest BCUT2D eigenvalue weighted by atomic mass is 9.89. The molecule has 21 heavy (non-hydrogen) atoms. The van der Waals surface area contributed by atoms with Crippen LogP contribution in [0.25, 0.3) is 0 Å². The molecule has 0 radical (unpaired) electrons. The first kappa shape index (κ1) is 14.7. The monoisotopic (exact) mass is 320 g/mol. The number of hydrogen-bond donors (Lipinski definition) is 1. The number of rotatable bonds is 2. The van der Waals surface area contributed by atoms with E-state index in [1.807, 2.05) is 24.3 Å². The van der Waals surface area contributed by atoms with Crippen molar-refractivity contribution in [2.75, 3.05) is 24.5 Å². The Morgan fingerprint density at radius 2 is 1.81 bits per heavy atom. The summed E-state index contributed by atoms with van der Waals surface area (Å²) in [6, 6.07) is 16.3. The molecule has 1 unspecified atom stereocenters. The average Bonchev–Trinajstić information content (AvgIpc) is 2.51. The lowest BCUT2D eigenvalue weighted by Crippen LogP contribution is -2.56. The molecule has 4 heteroatoms. The van der Waals surface area contributed by atoms with Gasteiger partial charge in [-0.3, -0.25) is 0 Å². The van der Waals surface area contributed by atoms with Crippen LogP contribution in [-0.2, 0) is 5.54 Å². The van der Waals surface area contributed by atoms with E-state index in [0.29, 0.717) is 10.0 Å². The second-order valence-electron chi connectivity index (χ2n) is 5.62. The van der Waals surface area contributed by atoms with Crippen LogP contribution in [0, 0.1) is 0 Å². The molecule has 0 aliphatic carbocycles. The molecule has 0 aromatic heterocycles. The van der Waals surface area contributed by atoms with Crippen molar-refractivity contribution in [3.05, 3.63) is 64.1 Å². The Kier molecular flexibility index (Phi) is 4.12. The van der Waals surface area contributed by atoms with Gasteiger partial charge in [-0.2, -0.15) is 0 Å². The van der Waals surface area contributed by atoms with Gasteiger partial charge in [0.15, 0.2) is 0 Å². The van der Waals surface area contributed by atoms with E-state index in [1.54, 1.807) is 0 Å². The van der Waals surface area contributed by atoms with Gasteiger partial charge < -0.3 is 10.2 Å². The predicted octanol–water partition coefficient (Wildman–Crippen LogP) is 4.32. The largest absolute Gasteiger partial charge is 0.367 e. The topological polar surface area (TPSA) is 15.3 Å². The van der Waals surface area contributed by atoms with Crippen LogP contribution in [0.5, 0.6) is 0 Å². The maximum atomic E-state index is 6.37. The van der Waals surface area contributed by atoms with E-state index in [0.717, 1.165) is 25.3 Å². The molecule has 0 amide bonds. The maximum absolute atomic E-state index is 6.37. The fourth-order valence-corrected chi connectivity index (χ4v) is 3.34. The first-order valence-corrected chi connectivity index (χ1v) is 7.85. The van der Waals surface area contributed by atoms with Crippen molar-refractivity contribution < 1.29 is 0 Å². The highest BCUT2D eigenvalue weighted by Gasteiger charge is 2.32. The average molecular weight is 321 g/mol. The van der Waals surface area contributed by atoms with Gasteiger partial charge in [0.1, 0.15) is 0 Å². The molecule has 0 bridgehead atoms. The second kappa shape index (κ2) is 5.88. The summed E-state index contributed by atoms with van der Waals surface area (Å²) < 4.78 is 0. The summed E-state index contributed by atoms with van der Waals surface area (Å²) in [7, 11) is 0. The van der Waals surface area contributed by atoms with Crippen LogP contribution in [0.1, 0.15) is 12.5 Å². The van der Waals surface area contributed by atoms with E-state index in [9.17, 15) is 0 Å². The van der Waals surface area contributed by atoms with E-state index in [4.69, 9.17) is 23.2 Å². The van der Waals surface area contributed by atoms with E-state index in [-0.39, 0.29) is 5.54 Å². The molecule has 1 saturated heterocycles. The summed E-state index contributed by atoms with van der Waals surface area (Å²) in [4.78, 5) is 2.30. The highest BCUT2D eigenvalue weighted by atomic mass is 35.5. The van der Waals surface area contributed by atoms with Crippen LogP contribution in [0.4, 0.5) is 5.69 Å². The number of hydrogen-bond acceptors (Lipinski definition) is 2. The van der Waals surface area contributed by atoms with Crippen LogP contribution < -0.4 is 10.2 Å². The van der Waals surface area contributed by atoms with Gasteiger partial charge in [0.25, 0.3) is 0 Å². The van der Waals surface area contributed by atoms with Crippen molar-refractivity contribution in [3.8, 4) is 0 Å². The summed E-state index contributed by atoms with van der Waals surface area (Å²) >= 11 is 12.5. The van der Waals surface area contributed by atoms with Crippen molar-refractivity contribution in [2.45, 2.75) is 12.5 Å². The SMILES string of the molecule is CC1(c2ccccc2)CN(c2cccc(Cl)c2Cl)CCN1. The fraction of sp³-hybridized carbons (Fsp3) is 0.294. The third kappa shape index (κ3) is 2.89. The third-order valence-electron chi connectivity index (χ3n) is 4.09. The predicted molar refractivity (Wildman–Crippen MR) is 90.5 cm³/mol. The maximum Gasteiger partial charge on any atom is 0.0825 e. The Hall–Kier alpha value is -1.22. The van der Waals surface area contributed by atoms with Crippen molar-refractivity contribution in [1.29, 1.82) is 0 Å². The quantitative estimate of drug-likeness (QED) is 0.886. The van der Waals surface area contributed by atoms with Crippen molar-refractivity contribution in [1.82, 2.24) is 5.32 Å². The van der Waals surface area contributed by atoms with Crippen LogP contribution >= 0.6 is 23.2 Å². The highest BCUT2D eigenvalue weighted by molar-refractivity contribution is 6.43. The first-order chi connectivity index (χ1) is 10.1. The number of benzene rings is 2. The van der Waals surface area contributed by atoms with Crippen LogP contribution in [0.2, 0.25) is 10.0 Å². The minimum atomic E-state index is -0.0921. The molecule has 1 aliphatic rings. The lowest BCUT2D eigenvalue weighted by Gasteiger charge is -2.43. The van der Waals surface area contributed by atoms with E-state index in [1.165, 1.54) is 5.56 Å². The van der Waals surface area contributed by atoms with Crippen LogP contribution in [-0.4, -0.2) is 19.6 Å². The molecule has 0 spiro atoms. The van der Waals surface area contributed by atoms with Gasteiger partial charge >= 0.3 is 0 Å². The number of halogens is 2.